The number of nitrogens with one attached hydrogen (secondary N) is 1. The summed E-state index contributed by atoms with van der Waals surface area (Å²) < 4.78 is 5.64. The zero-order valence-electron chi connectivity index (χ0n) is 12.8. The van der Waals surface area contributed by atoms with Crippen LogP contribution in [-0.4, -0.2) is 24.5 Å². The number of thiol groups is 1. The largest absolute Gasteiger partial charge is 0.391 e. The molecule has 0 radical (unpaired) electrons. The molecular formula is C16H29NOS. The van der Waals surface area contributed by atoms with Crippen molar-refractivity contribution in [3.63, 3.8) is 0 Å². The Bertz CT molecular complexity index is 325. The third-order valence-corrected chi connectivity index (χ3v) is 4.06. The summed E-state index contributed by atoms with van der Waals surface area (Å²) in [5, 5.41) is 3.15. The van der Waals surface area contributed by atoms with Crippen molar-refractivity contribution in [1.82, 2.24) is 5.32 Å². The average molecular weight is 283 g/mol. The molecule has 0 fully saturated rings. The highest BCUT2D eigenvalue weighted by molar-refractivity contribution is 7.82. The molecule has 0 aliphatic rings. The lowest BCUT2D eigenvalue weighted by Crippen LogP contribution is -2.34. The van der Waals surface area contributed by atoms with E-state index < -0.39 is 0 Å². The maximum atomic E-state index is 5.81. The minimum Gasteiger partial charge on any atom is -0.391 e. The van der Waals surface area contributed by atoms with Crippen molar-refractivity contribution in [2.75, 3.05) is 13.7 Å². The van der Waals surface area contributed by atoms with Gasteiger partial charge < -0.3 is 10.1 Å². The van der Waals surface area contributed by atoms with Gasteiger partial charge >= 0.3 is 0 Å². The molecule has 19 heavy (non-hydrogen) atoms. The standard InChI is InChI=1S/C16H29NOS/c1-8-13(3)18-12-15(5,14(4)17-7)10-11-16(6,19)9-2/h8-9,13,17,19H,1-2,4,10-12H2,3,5-7H3. The quantitative estimate of drug-likeness (QED) is 0.467. The van der Waals surface area contributed by atoms with E-state index in [1.807, 2.05) is 20.0 Å². The lowest BCUT2D eigenvalue weighted by atomic mass is 9.81. The van der Waals surface area contributed by atoms with E-state index in [0.717, 1.165) is 18.5 Å². The van der Waals surface area contributed by atoms with E-state index in [1.165, 1.54) is 0 Å². The molecule has 3 unspecified atom stereocenters. The Hall–Kier alpha value is -0.670. The minimum atomic E-state index is -0.167. The molecule has 1 N–H and O–H groups in total. The van der Waals surface area contributed by atoms with E-state index in [9.17, 15) is 0 Å². The monoisotopic (exact) mass is 283 g/mol. The fourth-order valence-corrected chi connectivity index (χ4v) is 1.74. The molecule has 0 rings (SSSR count). The normalized spacial score (nSPS) is 18.8. The predicted molar refractivity (Wildman–Crippen MR) is 88.7 cm³/mol. The van der Waals surface area contributed by atoms with Crippen LogP contribution in [-0.2, 0) is 4.74 Å². The summed E-state index contributed by atoms with van der Waals surface area (Å²) in [6.45, 7) is 18.5. The third-order valence-electron chi connectivity index (χ3n) is 3.65. The average Bonchev–Trinajstić information content (AvgIpc) is 2.41. The van der Waals surface area contributed by atoms with Crippen molar-refractivity contribution in [2.24, 2.45) is 5.41 Å². The number of ether oxygens (including phenoxy) is 1. The van der Waals surface area contributed by atoms with Crippen LogP contribution in [0, 0.1) is 5.41 Å². The zero-order chi connectivity index (χ0) is 15.1. The summed E-state index contributed by atoms with van der Waals surface area (Å²) in [6.07, 6.45) is 5.58. The Morgan fingerprint density at radius 2 is 1.95 bits per heavy atom. The number of rotatable bonds is 10. The van der Waals surface area contributed by atoms with Crippen molar-refractivity contribution in [3.8, 4) is 0 Å². The maximum absolute atomic E-state index is 5.81. The Morgan fingerprint density at radius 1 is 1.37 bits per heavy atom. The second-order valence-corrected chi connectivity index (χ2v) is 6.62. The van der Waals surface area contributed by atoms with Crippen LogP contribution in [0.2, 0.25) is 0 Å². The molecule has 0 bridgehead atoms. The van der Waals surface area contributed by atoms with Crippen molar-refractivity contribution in [2.45, 2.75) is 44.5 Å². The molecule has 0 aromatic rings. The lowest BCUT2D eigenvalue weighted by molar-refractivity contribution is 0.0357. The number of hydrogen-bond acceptors (Lipinski definition) is 3. The van der Waals surface area contributed by atoms with Crippen LogP contribution >= 0.6 is 12.6 Å². The van der Waals surface area contributed by atoms with Gasteiger partial charge in [-0.25, -0.2) is 0 Å². The highest BCUT2D eigenvalue weighted by Crippen LogP contribution is 2.35. The molecule has 0 saturated carbocycles. The molecule has 0 saturated heterocycles. The summed E-state index contributed by atoms with van der Waals surface area (Å²) in [5.41, 5.74) is 0.857. The predicted octanol–water partition coefficient (Wildman–Crippen LogP) is 3.97. The van der Waals surface area contributed by atoms with Crippen LogP contribution in [0.1, 0.15) is 33.6 Å². The molecule has 0 spiro atoms. The zero-order valence-corrected chi connectivity index (χ0v) is 13.7. The van der Waals surface area contributed by atoms with Crippen molar-refractivity contribution < 1.29 is 4.74 Å². The minimum absolute atomic E-state index is 0.0470. The van der Waals surface area contributed by atoms with E-state index in [1.54, 1.807) is 6.08 Å². The SMILES string of the molecule is C=CC(C)OCC(C)(CCC(C)(S)C=C)C(=C)NC. The molecule has 3 atom stereocenters. The summed E-state index contributed by atoms with van der Waals surface area (Å²) in [7, 11) is 1.89. The van der Waals surface area contributed by atoms with Gasteiger partial charge in [0.05, 0.1) is 12.7 Å². The van der Waals surface area contributed by atoms with Crippen LogP contribution in [0.4, 0.5) is 0 Å². The highest BCUT2D eigenvalue weighted by Gasteiger charge is 2.30. The Kier molecular flexibility index (Phi) is 7.53. The van der Waals surface area contributed by atoms with Gasteiger partial charge in [-0.3, -0.25) is 0 Å². The highest BCUT2D eigenvalue weighted by atomic mass is 32.1. The first-order valence-electron chi connectivity index (χ1n) is 6.68. The van der Waals surface area contributed by atoms with Crippen LogP contribution in [0.3, 0.4) is 0 Å². The molecule has 0 heterocycles. The van der Waals surface area contributed by atoms with Crippen LogP contribution in [0.25, 0.3) is 0 Å². The first-order chi connectivity index (χ1) is 8.70. The summed E-state index contributed by atoms with van der Waals surface area (Å²) in [6, 6.07) is 0. The second-order valence-electron chi connectivity index (χ2n) is 5.60. The fraction of sp³-hybridized carbons (Fsp3) is 0.625. The van der Waals surface area contributed by atoms with Crippen LogP contribution < -0.4 is 5.32 Å². The molecule has 0 aliphatic heterocycles. The smallest absolute Gasteiger partial charge is 0.0725 e. The molecule has 110 valence electrons. The summed E-state index contributed by atoms with van der Waals surface area (Å²) in [4.78, 5) is 0. The Labute approximate surface area is 124 Å². The molecular weight excluding hydrogens is 254 g/mol. The van der Waals surface area contributed by atoms with Crippen molar-refractivity contribution in [3.05, 3.63) is 37.6 Å². The Balaban J connectivity index is 4.73. The first kappa shape index (κ1) is 18.3. The van der Waals surface area contributed by atoms with Crippen molar-refractivity contribution >= 4 is 12.6 Å². The molecule has 2 nitrogen and oxygen atoms in total. The molecule has 0 amide bonds. The number of hydrogen-bond donors (Lipinski definition) is 2. The molecule has 0 aromatic carbocycles. The van der Waals surface area contributed by atoms with E-state index in [2.05, 4.69) is 51.5 Å². The van der Waals surface area contributed by atoms with Crippen LogP contribution in [0.15, 0.2) is 37.6 Å². The summed E-state index contributed by atoms with van der Waals surface area (Å²) in [5.74, 6) is 0. The van der Waals surface area contributed by atoms with Gasteiger partial charge in [0.1, 0.15) is 0 Å². The van der Waals surface area contributed by atoms with Gasteiger partial charge in [0, 0.05) is 22.9 Å². The van der Waals surface area contributed by atoms with E-state index in [4.69, 9.17) is 4.74 Å². The second kappa shape index (κ2) is 7.81. The van der Waals surface area contributed by atoms with Gasteiger partial charge in [0.15, 0.2) is 0 Å². The lowest BCUT2D eigenvalue weighted by Gasteiger charge is -2.34. The topological polar surface area (TPSA) is 21.3 Å². The van der Waals surface area contributed by atoms with Gasteiger partial charge in [0.25, 0.3) is 0 Å². The Morgan fingerprint density at radius 3 is 2.37 bits per heavy atom. The fourth-order valence-electron chi connectivity index (χ4n) is 1.63. The molecule has 0 aliphatic carbocycles. The summed E-state index contributed by atoms with van der Waals surface area (Å²) >= 11 is 4.60. The van der Waals surface area contributed by atoms with Crippen molar-refractivity contribution in [1.29, 1.82) is 0 Å². The van der Waals surface area contributed by atoms with Gasteiger partial charge in [-0.15, -0.1) is 13.2 Å². The molecule has 0 aromatic heterocycles. The van der Waals surface area contributed by atoms with Gasteiger partial charge in [0.2, 0.25) is 0 Å². The van der Waals surface area contributed by atoms with Crippen LogP contribution in [0.5, 0.6) is 0 Å². The van der Waals surface area contributed by atoms with Gasteiger partial charge in [-0.2, -0.15) is 12.6 Å². The maximum Gasteiger partial charge on any atom is 0.0725 e. The van der Waals surface area contributed by atoms with E-state index in [0.29, 0.717) is 6.61 Å². The van der Waals surface area contributed by atoms with E-state index in [-0.39, 0.29) is 16.3 Å². The van der Waals surface area contributed by atoms with Gasteiger partial charge in [-0.1, -0.05) is 25.7 Å². The molecule has 3 heteroatoms. The van der Waals surface area contributed by atoms with E-state index >= 15 is 0 Å². The first-order valence-corrected chi connectivity index (χ1v) is 7.13. The van der Waals surface area contributed by atoms with Gasteiger partial charge in [-0.05, 0) is 26.7 Å². The third kappa shape index (κ3) is 6.35.